The Morgan fingerprint density at radius 3 is 2.69 bits per heavy atom. The van der Waals surface area contributed by atoms with Gasteiger partial charge in [0.1, 0.15) is 0 Å². The van der Waals surface area contributed by atoms with Crippen LogP contribution < -0.4 is 4.90 Å². The van der Waals surface area contributed by atoms with Gasteiger partial charge >= 0.3 is 0 Å². The molecule has 1 atom stereocenters. The zero-order chi connectivity index (χ0) is 17.9. The van der Waals surface area contributed by atoms with E-state index in [1.807, 2.05) is 36.2 Å². The summed E-state index contributed by atoms with van der Waals surface area (Å²) >= 11 is 0. The Balaban J connectivity index is 1.41. The van der Waals surface area contributed by atoms with Gasteiger partial charge in [0.2, 0.25) is 0 Å². The third kappa shape index (κ3) is 3.38. The Hall–Kier alpha value is -2.95. The topological polar surface area (TPSA) is 49.3 Å². The predicted octanol–water partition coefficient (Wildman–Crippen LogP) is 3.23. The van der Waals surface area contributed by atoms with Crippen LogP contribution in [-0.4, -0.2) is 47.5 Å². The molecule has 5 nitrogen and oxygen atoms in total. The van der Waals surface area contributed by atoms with Gasteiger partial charge in [-0.3, -0.25) is 14.8 Å². The number of nitrogens with zero attached hydrogens (tertiary/aromatic N) is 4. The Kier molecular flexibility index (Phi) is 4.52. The summed E-state index contributed by atoms with van der Waals surface area (Å²) in [5.74, 6) is 0.528. The number of amides is 1. The molecule has 2 heterocycles. The first-order chi connectivity index (χ1) is 12.7. The fraction of sp³-hybridized carbons (Fsp3) is 0.286. The Labute approximate surface area is 153 Å². The van der Waals surface area contributed by atoms with Gasteiger partial charge in [-0.05, 0) is 42.7 Å². The van der Waals surface area contributed by atoms with Crippen LogP contribution in [0.1, 0.15) is 16.8 Å². The van der Waals surface area contributed by atoms with Crippen molar-refractivity contribution in [2.24, 2.45) is 5.92 Å². The number of hydrogen-bond donors (Lipinski definition) is 0. The van der Waals surface area contributed by atoms with Gasteiger partial charge in [-0.25, -0.2) is 0 Å². The molecule has 1 aliphatic heterocycles. The van der Waals surface area contributed by atoms with Crippen LogP contribution in [0.15, 0.2) is 60.9 Å². The molecule has 0 unspecified atom stereocenters. The van der Waals surface area contributed by atoms with E-state index in [0.717, 1.165) is 37.1 Å². The molecule has 0 bridgehead atoms. The van der Waals surface area contributed by atoms with E-state index in [0.29, 0.717) is 11.5 Å². The van der Waals surface area contributed by atoms with Gasteiger partial charge < -0.3 is 9.80 Å². The highest BCUT2D eigenvalue weighted by Gasteiger charge is 2.25. The van der Waals surface area contributed by atoms with Crippen molar-refractivity contribution in [3.05, 3.63) is 66.5 Å². The average molecular weight is 346 g/mol. The Morgan fingerprint density at radius 1 is 1.12 bits per heavy atom. The maximum Gasteiger partial charge on any atom is 0.253 e. The Bertz CT molecular complexity index is 912. The summed E-state index contributed by atoms with van der Waals surface area (Å²) in [5.41, 5.74) is 3.49. The fourth-order valence-electron chi connectivity index (χ4n) is 3.64. The first-order valence-corrected chi connectivity index (χ1v) is 8.97. The second-order valence-corrected chi connectivity index (χ2v) is 6.88. The molecule has 0 saturated carbocycles. The summed E-state index contributed by atoms with van der Waals surface area (Å²) in [6.07, 6.45) is 4.42. The number of para-hydroxylation sites is 1. The molecule has 26 heavy (non-hydrogen) atoms. The zero-order valence-electron chi connectivity index (χ0n) is 14.9. The van der Waals surface area contributed by atoms with Crippen LogP contribution in [0.4, 0.5) is 5.69 Å². The van der Waals surface area contributed by atoms with Crippen molar-refractivity contribution < 1.29 is 4.79 Å². The molecular weight excluding hydrogens is 324 g/mol. The minimum atomic E-state index is 0.0377. The highest BCUT2D eigenvalue weighted by molar-refractivity contribution is 5.97. The van der Waals surface area contributed by atoms with Crippen molar-refractivity contribution in [2.45, 2.75) is 6.42 Å². The van der Waals surface area contributed by atoms with Crippen LogP contribution >= 0.6 is 0 Å². The van der Waals surface area contributed by atoms with Crippen LogP contribution in [0, 0.1) is 5.92 Å². The molecule has 0 spiro atoms. The van der Waals surface area contributed by atoms with Crippen LogP contribution in [0.5, 0.6) is 0 Å². The van der Waals surface area contributed by atoms with Gasteiger partial charge in [0, 0.05) is 50.3 Å². The summed E-state index contributed by atoms with van der Waals surface area (Å²) in [6, 6.07) is 16.0. The monoisotopic (exact) mass is 346 g/mol. The molecule has 1 aromatic heterocycles. The van der Waals surface area contributed by atoms with E-state index in [1.165, 1.54) is 5.69 Å². The lowest BCUT2D eigenvalue weighted by Crippen LogP contribution is -2.33. The van der Waals surface area contributed by atoms with Crippen LogP contribution in [0.25, 0.3) is 11.0 Å². The minimum Gasteiger partial charge on any atom is -0.371 e. The number of benzene rings is 2. The molecule has 3 aromatic rings. The summed E-state index contributed by atoms with van der Waals surface area (Å²) in [7, 11) is 1.88. The molecule has 1 fully saturated rings. The van der Waals surface area contributed by atoms with Crippen molar-refractivity contribution in [1.82, 2.24) is 14.9 Å². The van der Waals surface area contributed by atoms with Crippen LogP contribution in [0.3, 0.4) is 0 Å². The number of hydrogen-bond acceptors (Lipinski definition) is 4. The molecule has 4 rings (SSSR count). The second kappa shape index (κ2) is 7.12. The molecule has 1 aliphatic rings. The Morgan fingerprint density at radius 2 is 1.88 bits per heavy atom. The van der Waals surface area contributed by atoms with E-state index in [4.69, 9.17) is 0 Å². The van der Waals surface area contributed by atoms with Crippen molar-refractivity contribution >= 4 is 22.6 Å². The number of carbonyl (C=O) groups is 1. The number of anilines is 1. The van der Waals surface area contributed by atoms with Gasteiger partial charge in [0.25, 0.3) is 5.91 Å². The van der Waals surface area contributed by atoms with E-state index in [-0.39, 0.29) is 5.91 Å². The van der Waals surface area contributed by atoms with Crippen LogP contribution in [-0.2, 0) is 0 Å². The molecule has 2 aromatic carbocycles. The average Bonchev–Trinajstić information content (AvgIpc) is 3.16. The normalized spacial score (nSPS) is 16.8. The molecule has 1 saturated heterocycles. The van der Waals surface area contributed by atoms with Gasteiger partial charge in [-0.15, -0.1) is 0 Å². The number of carbonyl (C=O) groups excluding carboxylic acids is 1. The van der Waals surface area contributed by atoms with Crippen molar-refractivity contribution in [3.8, 4) is 0 Å². The predicted molar refractivity (Wildman–Crippen MR) is 103 cm³/mol. The highest BCUT2D eigenvalue weighted by Crippen LogP contribution is 2.24. The first-order valence-electron chi connectivity index (χ1n) is 8.97. The second-order valence-electron chi connectivity index (χ2n) is 6.88. The zero-order valence-corrected chi connectivity index (χ0v) is 14.9. The minimum absolute atomic E-state index is 0.0377. The van der Waals surface area contributed by atoms with Crippen molar-refractivity contribution in [1.29, 1.82) is 0 Å². The summed E-state index contributed by atoms with van der Waals surface area (Å²) in [5, 5.41) is 0. The van der Waals surface area contributed by atoms with E-state index < -0.39 is 0 Å². The molecule has 1 amide bonds. The lowest BCUT2D eigenvalue weighted by molar-refractivity contribution is 0.0776. The lowest BCUT2D eigenvalue weighted by Gasteiger charge is -2.23. The molecular formula is C21H22N4O. The third-order valence-electron chi connectivity index (χ3n) is 5.00. The molecule has 5 heteroatoms. The van der Waals surface area contributed by atoms with E-state index in [9.17, 15) is 4.79 Å². The van der Waals surface area contributed by atoms with Gasteiger partial charge in [-0.2, -0.15) is 0 Å². The quantitative estimate of drug-likeness (QED) is 0.728. The maximum atomic E-state index is 12.8. The molecule has 0 aliphatic carbocycles. The summed E-state index contributed by atoms with van der Waals surface area (Å²) in [6.45, 7) is 2.80. The van der Waals surface area contributed by atoms with Crippen molar-refractivity contribution in [2.75, 3.05) is 31.6 Å². The van der Waals surface area contributed by atoms with Gasteiger partial charge in [0.15, 0.2) is 0 Å². The SMILES string of the molecule is CN(C[C@@H]1CCN(c2ccccc2)C1)C(=O)c1ccc2nccnc2c1. The maximum absolute atomic E-state index is 12.8. The lowest BCUT2D eigenvalue weighted by atomic mass is 10.1. The number of rotatable bonds is 4. The van der Waals surface area contributed by atoms with Crippen LogP contribution in [0.2, 0.25) is 0 Å². The van der Waals surface area contributed by atoms with E-state index >= 15 is 0 Å². The first kappa shape index (κ1) is 16.5. The molecule has 0 radical (unpaired) electrons. The smallest absolute Gasteiger partial charge is 0.253 e. The van der Waals surface area contributed by atoms with E-state index in [2.05, 4.69) is 39.1 Å². The molecule has 132 valence electrons. The fourth-order valence-corrected chi connectivity index (χ4v) is 3.64. The van der Waals surface area contributed by atoms with Gasteiger partial charge in [-0.1, -0.05) is 18.2 Å². The number of aromatic nitrogens is 2. The summed E-state index contributed by atoms with van der Waals surface area (Å²) < 4.78 is 0. The third-order valence-corrected chi connectivity index (χ3v) is 5.00. The largest absolute Gasteiger partial charge is 0.371 e. The summed E-state index contributed by atoms with van der Waals surface area (Å²) in [4.78, 5) is 25.6. The van der Waals surface area contributed by atoms with Crippen molar-refractivity contribution in [3.63, 3.8) is 0 Å². The van der Waals surface area contributed by atoms with E-state index in [1.54, 1.807) is 12.4 Å². The number of fused-ring (bicyclic) bond motifs is 1. The molecule has 0 N–H and O–H groups in total. The van der Waals surface area contributed by atoms with Gasteiger partial charge in [0.05, 0.1) is 11.0 Å². The highest BCUT2D eigenvalue weighted by atomic mass is 16.2. The standard InChI is InChI=1S/C21H22N4O/c1-24(14-16-9-12-25(15-16)18-5-3-2-4-6-18)21(26)17-7-8-19-20(13-17)23-11-10-22-19/h2-8,10-11,13,16H,9,12,14-15H2,1H3/t16-/m0/s1.